The molecule has 122 valence electrons. The number of hydrogen-bond acceptors (Lipinski definition) is 3. The molecule has 4 nitrogen and oxygen atoms in total. The first-order valence-corrected chi connectivity index (χ1v) is 6.62. The van der Waals surface area contributed by atoms with Crippen LogP contribution in [0.4, 0.5) is 13.2 Å². The molecule has 2 aromatic carbocycles. The lowest BCUT2D eigenvalue weighted by atomic mass is 9.95. The molecule has 0 saturated heterocycles. The van der Waals surface area contributed by atoms with E-state index < -0.39 is 24.2 Å². The Kier molecular flexibility index (Phi) is 4.82. The Balaban J connectivity index is 2.62. The highest BCUT2D eigenvalue weighted by atomic mass is 35.5. The second-order valence-corrected chi connectivity index (χ2v) is 4.95. The molecule has 0 aliphatic rings. The van der Waals surface area contributed by atoms with E-state index in [1.165, 1.54) is 36.4 Å². The van der Waals surface area contributed by atoms with Crippen molar-refractivity contribution in [2.45, 2.75) is 12.5 Å². The van der Waals surface area contributed by atoms with Crippen LogP contribution in [-0.4, -0.2) is 22.5 Å². The molecule has 8 heteroatoms. The smallest absolute Gasteiger partial charge is 0.479 e. The summed E-state index contributed by atoms with van der Waals surface area (Å²) < 4.78 is 41.5. The van der Waals surface area contributed by atoms with Gasteiger partial charge in [-0.1, -0.05) is 35.9 Å². The number of aliphatic carboxylic acids is 1. The fourth-order valence-corrected chi connectivity index (χ4v) is 2.21. The third kappa shape index (κ3) is 4.14. The number of para-hydroxylation sites is 1. The summed E-state index contributed by atoms with van der Waals surface area (Å²) >= 11 is 5.84. The first-order valence-electron chi connectivity index (χ1n) is 6.24. The van der Waals surface area contributed by atoms with Crippen molar-refractivity contribution >= 4 is 17.6 Å². The summed E-state index contributed by atoms with van der Waals surface area (Å²) in [5.41, 5.74) is -0.102. The van der Waals surface area contributed by atoms with E-state index in [4.69, 9.17) is 16.7 Å². The van der Waals surface area contributed by atoms with Crippen LogP contribution in [0.2, 0.25) is 5.02 Å². The lowest BCUT2D eigenvalue weighted by Gasteiger charge is -2.17. The Labute approximate surface area is 133 Å². The maximum Gasteiger partial charge on any atom is 0.573 e. The van der Waals surface area contributed by atoms with Crippen molar-refractivity contribution in [2.24, 2.45) is 0 Å². The zero-order valence-electron chi connectivity index (χ0n) is 11.3. The Morgan fingerprint density at radius 3 is 2.39 bits per heavy atom. The molecular formula is C15H10ClF3O4. The van der Waals surface area contributed by atoms with Crippen molar-refractivity contribution in [3.63, 3.8) is 0 Å². The summed E-state index contributed by atoms with van der Waals surface area (Å²) in [7, 11) is 0. The molecule has 0 heterocycles. The van der Waals surface area contributed by atoms with Crippen LogP contribution in [0.25, 0.3) is 11.1 Å². The average molecular weight is 347 g/mol. The van der Waals surface area contributed by atoms with E-state index in [-0.39, 0.29) is 21.7 Å². The van der Waals surface area contributed by atoms with Crippen LogP contribution in [0, 0.1) is 0 Å². The van der Waals surface area contributed by atoms with Gasteiger partial charge >= 0.3 is 12.3 Å². The van der Waals surface area contributed by atoms with Crippen LogP contribution < -0.4 is 4.74 Å². The number of carboxylic acid groups (broad SMARTS) is 1. The molecule has 23 heavy (non-hydrogen) atoms. The third-order valence-electron chi connectivity index (χ3n) is 2.95. The molecule has 0 aliphatic carbocycles. The summed E-state index contributed by atoms with van der Waals surface area (Å²) in [6.07, 6.45) is -6.83. The number of aliphatic hydroxyl groups is 1. The standard InChI is InChI=1S/C15H10ClF3O4/c16-8-5-6-10(13(20)14(21)22)11(7-8)9-3-1-2-4-12(9)23-15(17,18)19/h1-7,13,20H,(H,21,22). The van der Waals surface area contributed by atoms with Crippen LogP contribution in [0.15, 0.2) is 42.5 Å². The highest BCUT2D eigenvalue weighted by Gasteiger charge is 2.32. The van der Waals surface area contributed by atoms with Gasteiger partial charge in [0.25, 0.3) is 0 Å². The summed E-state index contributed by atoms with van der Waals surface area (Å²) in [6.45, 7) is 0. The molecular weight excluding hydrogens is 337 g/mol. The van der Waals surface area contributed by atoms with Gasteiger partial charge in [0.2, 0.25) is 0 Å². The topological polar surface area (TPSA) is 66.8 Å². The maximum atomic E-state index is 12.5. The van der Waals surface area contributed by atoms with E-state index in [1.54, 1.807) is 0 Å². The van der Waals surface area contributed by atoms with E-state index in [9.17, 15) is 23.1 Å². The highest BCUT2D eigenvalue weighted by molar-refractivity contribution is 6.31. The Hall–Kier alpha value is -2.25. The third-order valence-corrected chi connectivity index (χ3v) is 3.18. The first kappa shape index (κ1) is 17.1. The quantitative estimate of drug-likeness (QED) is 0.877. The molecule has 2 N–H and O–H groups in total. The second-order valence-electron chi connectivity index (χ2n) is 4.52. The lowest BCUT2D eigenvalue weighted by Crippen LogP contribution is -2.18. The Bertz CT molecular complexity index is 731. The minimum absolute atomic E-state index is 0.0345. The number of carbonyl (C=O) groups is 1. The van der Waals surface area contributed by atoms with Gasteiger partial charge in [0.1, 0.15) is 5.75 Å². The van der Waals surface area contributed by atoms with Crippen molar-refractivity contribution in [2.75, 3.05) is 0 Å². The van der Waals surface area contributed by atoms with Crippen molar-refractivity contribution in [1.82, 2.24) is 0 Å². The van der Waals surface area contributed by atoms with Gasteiger partial charge in [-0.05, 0) is 29.3 Å². The number of ether oxygens (including phenoxy) is 1. The van der Waals surface area contributed by atoms with Gasteiger partial charge < -0.3 is 14.9 Å². The minimum atomic E-state index is -4.92. The van der Waals surface area contributed by atoms with Gasteiger partial charge in [-0.2, -0.15) is 0 Å². The van der Waals surface area contributed by atoms with Crippen molar-refractivity contribution in [3.05, 3.63) is 53.1 Å². The average Bonchev–Trinajstić information content (AvgIpc) is 2.45. The van der Waals surface area contributed by atoms with Crippen LogP contribution >= 0.6 is 11.6 Å². The number of benzene rings is 2. The van der Waals surface area contributed by atoms with Crippen molar-refractivity contribution in [3.8, 4) is 16.9 Å². The molecule has 0 fully saturated rings. The minimum Gasteiger partial charge on any atom is -0.479 e. The lowest BCUT2D eigenvalue weighted by molar-refractivity contribution is -0.274. The van der Waals surface area contributed by atoms with Gasteiger partial charge in [-0.25, -0.2) is 4.79 Å². The predicted octanol–water partition coefficient (Wildman–Crippen LogP) is 4.02. The summed E-state index contributed by atoms with van der Waals surface area (Å²) in [6, 6.07) is 9.02. The van der Waals surface area contributed by atoms with Crippen LogP contribution in [-0.2, 0) is 4.79 Å². The molecule has 2 rings (SSSR count). The summed E-state index contributed by atoms with van der Waals surface area (Å²) in [5.74, 6) is -2.07. The number of carboxylic acids is 1. The van der Waals surface area contributed by atoms with Crippen LogP contribution in [0.5, 0.6) is 5.75 Å². The molecule has 0 saturated carbocycles. The first-order chi connectivity index (χ1) is 10.7. The van der Waals surface area contributed by atoms with Gasteiger partial charge in [0, 0.05) is 10.6 Å². The number of alkyl halides is 3. The summed E-state index contributed by atoms with van der Waals surface area (Å²) in [5, 5.41) is 18.9. The molecule has 0 spiro atoms. The molecule has 0 aliphatic heterocycles. The normalized spacial score (nSPS) is 12.7. The van der Waals surface area contributed by atoms with Crippen LogP contribution in [0.1, 0.15) is 11.7 Å². The zero-order valence-corrected chi connectivity index (χ0v) is 12.1. The fraction of sp³-hybridized carbons (Fsp3) is 0.133. The molecule has 2 aromatic rings. The highest BCUT2D eigenvalue weighted by Crippen LogP contribution is 2.38. The van der Waals surface area contributed by atoms with E-state index >= 15 is 0 Å². The number of rotatable bonds is 4. The van der Waals surface area contributed by atoms with Crippen molar-refractivity contribution in [1.29, 1.82) is 0 Å². The molecule has 0 amide bonds. The van der Waals surface area contributed by atoms with E-state index in [2.05, 4.69) is 4.74 Å². The molecule has 0 radical (unpaired) electrons. The Morgan fingerprint density at radius 1 is 1.13 bits per heavy atom. The largest absolute Gasteiger partial charge is 0.573 e. The number of halogens is 4. The molecule has 0 aromatic heterocycles. The van der Waals surface area contributed by atoms with Crippen molar-refractivity contribution < 1.29 is 32.9 Å². The zero-order chi connectivity index (χ0) is 17.2. The molecule has 1 unspecified atom stereocenters. The van der Waals surface area contributed by atoms with Gasteiger partial charge in [-0.3, -0.25) is 0 Å². The SMILES string of the molecule is O=C(O)C(O)c1ccc(Cl)cc1-c1ccccc1OC(F)(F)F. The van der Waals surface area contributed by atoms with E-state index in [0.717, 1.165) is 6.07 Å². The van der Waals surface area contributed by atoms with Gasteiger partial charge in [-0.15, -0.1) is 13.2 Å². The monoisotopic (exact) mass is 346 g/mol. The molecule has 0 bridgehead atoms. The van der Waals surface area contributed by atoms with E-state index in [0.29, 0.717) is 0 Å². The number of aliphatic hydroxyl groups excluding tert-OH is 1. The van der Waals surface area contributed by atoms with Gasteiger partial charge in [0.05, 0.1) is 0 Å². The summed E-state index contributed by atoms with van der Waals surface area (Å²) in [4.78, 5) is 11.0. The van der Waals surface area contributed by atoms with E-state index in [1.807, 2.05) is 0 Å². The Morgan fingerprint density at radius 2 is 1.78 bits per heavy atom. The molecule has 1 atom stereocenters. The van der Waals surface area contributed by atoms with Gasteiger partial charge in [0.15, 0.2) is 6.10 Å². The fourth-order valence-electron chi connectivity index (χ4n) is 2.04. The second kappa shape index (κ2) is 6.47. The number of hydrogen-bond donors (Lipinski definition) is 2. The van der Waals surface area contributed by atoms with Crippen LogP contribution in [0.3, 0.4) is 0 Å². The maximum absolute atomic E-state index is 12.5. The predicted molar refractivity (Wildman–Crippen MR) is 76.2 cm³/mol.